The monoisotopic (exact) mass is 289 g/mol. The van der Waals surface area contributed by atoms with Crippen molar-refractivity contribution < 1.29 is 4.74 Å². The van der Waals surface area contributed by atoms with Crippen LogP contribution in [-0.2, 0) is 37.9 Å². The predicted octanol–water partition coefficient (Wildman–Crippen LogP) is 1.96. The molecule has 6 heteroatoms. The number of aromatic nitrogens is 4. The minimum Gasteiger partial charge on any atom is -0.376 e. The van der Waals surface area contributed by atoms with Gasteiger partial charge in [0.1, 0.15) is 0 Å². The fourth-order valence-electron chi connectivity index (χ4n) is 2.78. The van der Waals surface area contributed by atoms with Crippen LogP contribution in [0.5, 0.6) is 0 Å². The standard InChI is InChI=1S/C15H23N5O/c1-11(2)9-20-6-5-16-15(20)17-8-14-12-10-21-7-4-13(12)18-19(14)3/h5-6,11H,4,7-10H2,1-3H3,(H,16,17). The Bertz CT molecular complexity index is 614. The Kier molecular flexibility index (Phi) is 3.96. The Hall–Kier alpha value is -1.82. The van der Waals surface area contributed by atoms with E-state index in [4.69, 9.17) is 4.74 Å². The molecule has 3 rings (SSSR count). The minimum atomic E-state index is 0.595. The van der Waals surface area contributed by atoms with Gasteiger partial charge in [-0.2, -0.15) is 5.10 Å². The second-order valence-electron chi connectivity index (χ2n) is 5.95. The summed E-state index contributed by atoms with van der Waals surface area (Å²) >= 11 is 0. The van der Waals surface area contributed by atoms with E-state index in [9.17, 15) is 0 Å². The first-order valence-corrected chi connectivity index (χ1v) is 7.51. The molecule has 0 spiro atoms. The van der Waals surface area contributed by atoms with Crippen molar-refractivity contribution in [2.24, 2.45) is 13.0 Å². The van der Waals surface area contributed by atoms with Crippen LogP contribution in [0.25, 0.3) is 0 Å². The molecule has 0 saturated heterocycles. The molecule has 21 heavy (non-hydrogen) atoms. The first-order valence-electron chi connectivity index (χ1n) is 7.51. The highest BCUT2D eigenvalue weighted by Gasteiger charge is 2.19. The van der Waals surface area contributed by atoms with Gasteiger partial charge in [0, 0.05) is 38.0 Å². The molecule has 114 valence electrons. The number of anilines is 1. The average molecular weight is 289 g/mol. The molecule has 0 fully saturated rings. The van der Waals surface area contributed by atoms with E-state index >= 15 is 0 Å². The summed E-state index contributed by atoms with van der Waals surface area (Å²) in [4.78, 5) is 4.40. The van der Waals surface area contributed by atoms with Crippen LogP contribution in [0.15, 0.2) is 12.4 Å². The van der Waals surface area contributed by atoms with Crippen molar-refractivity contribution in [1.29, 1.82) is 0 Å². The summed E-state index contributed by atoms with van der Waals surface area (Å²) < 4.78 is 9.68. The normalized spacial score (nSPS) is 14.5. The SMILES string of the molecule is CC(C)Cn1ccnc1NCc1c2c(nn1C)CCOC2. The molecule has 0 saturated carbocycles. The minimum absolute atomic E-state index is 0.595. The molecule has 1 aliphatic rings. The van der Waals surface area contributed by atoms with E-state index in [-0.39, 0.29) is 0 Å². The van der Waals surface area contributed by atoms with Gasteiger partial charge in [-0.15, -0.1) is 0 Å². The first-order chi connectivity index (χ1) is 10.1. The van der Waals surface area contributed by atoms with Crippen LogP contribution in [0, 0.1) is 5.92 Å². The summed E-state index contributed by atoms with van der Waals surface area (Å²) in [6.07, 6.45) is 4.77. The largest absolute Gasteiger partial charge is 0.376 e. The van der Waals surface area contributed by atoms with Gasteiger partial charge in [-0.3, -0.25) is 4.68 Å². The lowest BCUT2D eigenvalue weighted by Crippen LogP contribution is -2.14. The maximum absolute atomic E-state index is 5.56. The molecule has 0 aromatic carbocycles. The smallest absolute Gasteiger partial charge is 0.203 e. The summed E-state index contributed by atoms with van der Waals surface area (Å²) in [7, 11) is 2.00. The molecule has 2 aromatic rings. The van der Waals surface area contributed by atoms with Gasteiger partial charge in [-0.1, -0.05) is 13.8 Å². The second-order valence-corrected chi connectivity index (χ2v) is 5.95. The molecule has 0 aliphatic carbocycles. The van der Waals surface area contributed by atoms with E-state index in [2.05, 4.69) is 33.8 Å². The maximum Gasteiger partial charge on any atom is 0.203 e. The molecule has 0 bridgehead atoms. The zero-order valence-electron chi connectivity index (χ0n) is 13.0. The molecule has 0 radical (unpaired) electrons. The van der Waals surface area contributed by atoms with Crippen LogP contribution in [0.1, 0.15) is 30.8 Å². The quantitative estimate of drug-likeness (QED) is 0.914. The van der Waals surface area contributed by atoms with E-state index in [0.29, 0.717) is 12.5 Å². The van der Waals surface area contributed by atoms with E-state index in [1.54, 1.807) is 0 Å². The lowest BCUT2D eigenvalue weighted by molar-refractivity contribution is 0.109. The number of nitrogens with zero attached hydrogens (tertiary/aromatic N) is 4. The van der Waals surface area contributed by atoms with Crippen LogP contribution >= 0.6 is 0 Å². The molecule has 3 heterocycles. The van der Waals surface area contributed by atoms with Crippen LogP contribution in [-0.4, -0.2) is 25.9 Å². The number of nitrogens with one attached hydrogen (secondary N) is 1. The van der Waals surface area contributed by atoms with Crippen molar-refractivity contribution in [3.05, 3.63) is 29.3 Å². The van der Waals surface area contributed by atoms with Crippen molar-refractivity contribution >= 4 is 5.95 Å². The predicted molar refractivity (Wildman–Crippen MR) is 81.0 cm³/mol. The molecular formula is C15H23N5O. The number of hydrogen-bond donors (Lipinski definition) is 1. The number of fused-ring (bicyclic) bond motifs is 1. The van der Waals surface area contributed by atoms with Crippen molar-refractivity contribution in [2.45, 2.75) is 40.0 Å². The molecule has 1 aliphatic heterocycles. The lowest BCUT2D eigenvalue weighted by atomic mass is 10.1. The Morgan fingerprint density at radius 3 is 3.10 bits per heavy atom. The van der Waals surface area contributed by atoms with Gasteiger partial charge in [0.15, 0.2) is 0 Å². The summed E-state index contributed by atoms with van der Waals surface area (Å²) in [5.41, 5.74) is 3.59. The summed E-state index contributed by atoms with van der Waals surface area (Å²) in [6.45, 7) is 7.54. The van der Waals surface area contributed by atoms with Crippen molar-refractivity contribution in [3.63, 3.8) is 0 Å². The first kappa shape index (κ1) is 14.1. The average Bonchev–Trinajstić information content (AvgIpc) is 2.99. The van der Waals surface area contributed by atoms with E-state index in [1.165, 1.54) is 17.0 Å². The van der Waals surface area contributed by atoms with Crippen LogP contribution < -0.4 is 5.32 Å². The number of imidazole rings is 1. The van der Waals surface area contributed by atoms with Gasteiger partial charge in [0.2, 0.25) is 5.95 Å². The van der Waals surface area contributed by atoms with Gasteiger partial charge in [0.25, 0.3) is 0 Å². The van der Waals surface area contributed by atoms with E-state index in [1.807, 2.05) is 24.1 Å². The third-order valence-corrected chi connectivity index (χ3v) is 3.78. The zero-order valence-corrected chi connectivity index (χ0v) is 13.0. The van der Waals surface area contributed by atoms with Gasteiger partial charge >= 0.3 is 0 Å². The third-order valence-electron chi connectivity index (χ3n) is 3.78. The van der Waals surface area contributed by atoms with Gasteiger partial charge in [0.05, 0.1) is 31.1 Å². The number of rotatable bonds is 5. The number of hydrogen-bond acceptors (Lipinski definition) is 4. The highest BCUT2D eigenvalue weighted by Crippen LogP contribution is 2.21. The van der Waals surface area contributed by atoms with Crippen LogP contribution in [0.2, 0.25) is 0 Å². The Balaban J connectivity index is 1.74. The highest BCUT2D eigenvalue weighted by molar-refractivity contribution is 5.33. The summed E-state index contributed by atoms with van der Waals surface area (Å²) in [5.74, 6) is 1.51. The Morgan fingerprint density at radius 2 is 2.29 bits per heavy atom. The van der Waals surface area contributed by atoms with Crippen molar-refractivity contribution in [2.75, 3.05) is 11.9 Å². The second kappa shape index (κ2) is 5.89. The molecule has 2 aromatic heterocycles. The molecule has 0 atom stereocenters. The Labute approximate surface area is 125 Å². The molecule has 0 unspecified atom stereocenters. The topological polar surface area (TPSA) is 56.9 Å². The zero-order chi connectivity index (χ0) is 14.8. The summed E-state index contributed by atoms with van der Waals surface area (Å²) in [5, 5.41) is 8.02. The van der Waals surface area contributed by atoms with Crippen LogP contribution in [0.3, 0.4) is 0 Å². The number of aryl methyl sites for hydroxylation is 1. The fourth-order valence-corrected chi connectivity index (χ4v) is 2.78. The fraction of sp³-hybridized carbons (Fsp3) is 0.600. The van der Waals surface area contributed by atoms with Gasteiger partial charge in [-0.05, 0) is 5.92 Å². The van der Waals surface area contributed by atoms with E-state index < -0.39 is 0 Å². The Morgan fingerprint density at radius 1 is 1.43 bits per heavy atom. The molecule has 6 nitrogen and oxygen atoms in total. The lowest BCUT2D eigenvalue weighted by Gasteiger charge is -2.14. The van der Waals surface area contributed by atoms with Crippen molar-refractivity contribution in [1.82, 2.24) is 19.3 Å². The van der Waals surface area contributed by atoms with Gasteiger partial charge < -0.3 is 14.6 Å². The van der Waals surface area contributed by atoms with Gasteiger partial charge in [-0.25, -0.2) is 4.98 Å². The molecule has 0 amide bonds. The van der Waals surface area contributed by atoms with E-state index in [0.717, 1.165) is 32.1 Å². The van der Waals surface area contributed by atoms with Crippen molar-refractivity contribution in [3.8, 4) is 0 Å². The van der Waals surface area contributed by atoms with Crippen LogP contribution in [0.4, 0.5) is 5.95 Å². The third kappa shape index (κ3) is 2.95. The molecular weight excluding hydrogens is 266 g/mol. The highest BCUT2D eigenvalue weighted by atomic mass is 16.5. The number of ether oxygens (including phenoxy) is 1. The summed E-state index contributed by atoms with van der Waals surface area (Å²) in [6, 6.07) is 0. The molecule has 1 N–H and O–H groups in total. The maximum atomic E-state index is 5.56.